The second kappa shape index (κ2) is 8.96. The minimum absolute atomic E-state index is 0.171. The van der Waals surface area contributed by atoms with Gasteiger partial charge in [0.05, 0.1) is 42.7 Å². The van der Waals surface area contributed by atoms with Gasteiger partial charge >= 0.3 is 0 Å². The zero-order chi connectivity index (χ0) is 20.2. The van der Waals surface area contributed by atoms with E-state index in [1.165, 1.54) is 6.42 Å². The van der Waals surface area contributed by atoms with Crippen molar-refractivity contribution in [3.8, 4) is 11.6 Å². The Morgan fingerprint density at radius 2 is 2.24 bits per heavy atom. The molecule has 0 bridgehead atoms. The SMILES string of the molecule is COc1nc(Nc2ccc(C3CN(C=O)CCO3)cc2OC2CCC2)ncc1Br. The van der Waals surface area contributed by atoms with E-state index in [-0.39, 0.29) is 12.2 Å². The molecular formula is C20H23BrN4O4. The predicted molar refractivity (Wildman–Crippen MR) is 111 cm³/mol. The summed E-state index contributed by atoms with van der Waals surface area (Å²) in [7, 11) is 1.56. The third-order valence-electron chi connectivity index (χ3n) is 5.12. The number of halogens is 1. The molecular weight excluding hydrogens is 440 g/mol. The topological polar surface area (TPSA) is 85.8 Å². The van der Waals surface area contributed by atoms with Gasteiger partial charge in [-0.25, -0.2) is 4.98 Å². The van der Waals surface area contributed by atoms with Gasteiger partial charge in [0.25, 0.3) is 0 Å². The summed E-state index contributed by atoms with van der Waals surface area (Å²) in [6.45, 7) is 1.68. The number of carbonyl (C=O) groups excluding carboxylic acids is 1. The number of benzene rings is 1. The maximum absolute atomic E-state index is 11.1. The van der Waals surface area contributed by atoms with Gasteiger partial charge in [0, 0.05) is 6.54 Å². The van der Waals surface area contributed by atoms with E-state index in [2.05, 4.69) is 31.2 Å². The largest absolute Gasteiger partial charge is 0.488 e. The quantitative estimate of drug-likeness (QED) is 0.630. The van der Waals surface area contributed by atoms with Crippen LogP contribution < -0.4 is 14.8 Å². The first kappa shape index (κ1) is 19.9. The molecule has 2 aliphatic rings. The molecule has 1 amide bonds. The van der Waals surface area contributed by atoms with E-state index in [9.17, 15) is 4.79 Å². The summed E-state index contributed by atoms with van der Waals surface area (Å²) in [5.74, 6) is 1.59. The Balaban J connectivity index is 1.59. The molecule has 1 N–H and O–H groups in total. The van der Waals surface area contributed by atoms with E-state index in [1.54, 1.807) is 18.2 Å². The monoisotopic (exact) mass is 462 g/mol. The van der Waals surface area contributed by atoms with Gasteiger partial charge in [-0.2, -0.15) is 4.98 Å². The number of aromatic nitrogens is 2. The first-order chi connectivity index (χ1) is 14.2. The lowest BCUT2D eigenvalue weighted by Gasteiger charge is -2.32. The maximum atomic E-state index is 11.1. The van der Waals surface area contributed by atoms with Crippen LogP contribution in [0, 0.1) is 0 Å². The van der Waals surface area contributed by atoms with Crippen molar-refractivity contribution in [2.45, 2.75) is 31.5 Å². The summed E-state index contributed by atoms with van der Waals surface area (Å²) < 4.78 is 18.0. The van der Waals surface area contributed by atoms with Crippen LogP contribution >= 0.6 is 15.9 Å². The highest BCUT2D eigenvalue weighted by molar-refractivity contribution is 9.10. The summed E-state index contributed by atoms with van der Waals surface area (Å²) >= 11 is 3.36. The lowest BCUT2D eigenvalue weighted by Crippen LogP contribution is -2.37. The molecule has 1 unspecified atom stereocenters. The van der Waals surface area contributed by atoms with Gasteiger partial charge in [-0.05, 0) is 52.9 Å². The van der Waals surface area contributed by atoms with Gasteiger partial charge in [0.15, 0.2) is 0 Å². The third-order valence-corrected chi connectivity index (χ3v) is 5.67. The zero-order valence-corrected chi connectivity index (χ0v) is 17.7. The minimum atomic E-state index is -0.171. The van der Waals surface area contributed by atoms with Gasteiger partial charge in [0.2, 0.25) is 18.2 Å². The molecule has 1 aliphatic heterocycles. The number of ether oxygens (including phenoxy) is 3. The molecule has 1 aromatic heterocycles. The smallest absolute Gasteiger partial charge is 0.232 e. The first-order valence-corrected chi connectivity index (χ1v) is 10.4. The van der Waals surface area contributed by atoms with Crippen LogP contribution in [0.2, 0.25) is 0 Å². The van der Waals surface area contributed by atoms with Gasteiger partial charge in [-0.3, -0.25) is 4.79 Å². The highest BCUT2D eigenvalue weighted by atomic mass is 79.9. The number of methoxy groups -OCH3 is 1. The van der Waals surface area contributed by atoms with Crippen LogP contribution in [-0.4, -0.2) is 54.2 Å². The molecule has 0 radical (unpaired) electrons. The number of anilines is 2. The van der Waals surface area contributed by atoms with E-state index in [1.807, 2.05) is 18.2 Å². The number of carbonyl (C=O) groups is 1. The molecule has 1 saturated carbocycles. The standard InChI is InChI=1S/C20H23BrN4O4/c1-27-19-15(21)10-22-20(24-19)23-16-6-5-13(9-17(16)29-14-3-2-4-14)18-11-25(12-26)7-8-28-18/h5-6,9-10,12,14,18H,2-4,7-8,11H2,1H3,(H,22,23,24). The van der Waals surface area contributed by atoms with Crippen molar-refractivity contribution >= 4 is 34.0 Å². The summed E-state index contributed by atoms with van der Waals surface area (Å²) in [6, 6.07) is 5.89. The van der Waals surface area contributed by atoms with Crippen LogP contribution in [0.5, 0.6) is 11.6 Å². The average Bonchev–Trinajstić information content (AvgIpc) is 2.73. The van der Waals surface area contributed by atoms with Crippen molar-refractivity contribution in [1.82, 2.24) is 14.9 Å². The number of hydrogen-bond donors (Lipinski definition) is 1. The second-order valence-electron chi connectivity index (χ2n) is 7.06. The molecule has 9 heteroatoms. The Labute approximate surface area is 177 Å². The highest BCUT2D eigenvalue weighted by Crippen LogP contribution is 2.36. The fourth-order valence-electron chi connectivity index (χ4n) is 3.25. The average molecular weight is 463 g/mol. The highest BCUT2D eigenvalue weighted by Gasteiger charge is 2.25. The van der Waals surface area contributed by atoms with Crippen molar-refractivity contribution in [2.24, 2.45) is 0 Å². The molecule has 154 valence electrons. The van der Waals surface area contributed by atoms with E-state index in [0.29, 0.717) is 36.0 Å². The molecule has 29 heavy (non-hydrogen) atoms. The first-order valence-electron chi connectivity index (χ1n) is 9.61. The van der Waals surface area contributed by atoms with Crippen LogP contribution in [0.1, 0.15) is 30.9 Å². The fourth-order valence-corrected chi connectivity index (χ4v) is 3.60. The Hall–Kier alpha value is -2.39. The third kappa shape index (κ3) is 4.62. The van der Waals surface area contributed by atoms with Crippen molar-refractivity contribution in [1.29, 1.82) is 0 Å². The number of hydrogen-bond acceptors (Lipinski definition) is 7. The van der Waals surface area contributed by atoms with Gasteiger partial charge < -0.3 is 24.4 Å². The summed E-state index contributed by atoms with van der Waals surface area (Å²) in [5.41, 5.74) is 1.75. The van der Waals surface area contributed by atoms with E-state index in [0.717, 1.165) is 36.3 Å². The Kier molecular flexibility index (Phi) is 6.15. The fraction of sp³-hybridized carbons (Fsp3) is 0.450. The van der Waals surface area contributed by atoms with Crippen LogP contribution in [0.3, 0.4) is 0 Å². The molecule has 1 saturated heterocycles. The van der Waals surface area contributed by atoms with Crippen molar-refractivity contribution in [2.75, 3.05) is 32.1 Å². The van der Waals surface area contributed by atoms with Crippen LogP contribution in [0.4, 0.5) is 11.6 Å². The molecule has 2 heterocycles. The summed E-state index contributed by atoms with van der Waals surface area (Å²) in [5, 5.41) is 3.22. The van der Waals surface area contributed by atoms with Gasteiger partial charge in [-0.1, -0.05) is 6.07 Å². The number of nitrogens with one attached hydrogen (secondary N) is 1. The summed E-state index contributed by atoms with van der Waals surface area (Å²) in [4.78, 5) is 21.5. The normalized spacial score (nSPS) is 19.4. The van der Waals surface area contributed by atoms with Crippen molar-refractivity contribution < 1.29 is 19.0 Å². The number of nitrogens with zero attached hydrogens (tertiary/aromatic N) is 3. The van der Waals surface area contributed by atoms with Gasteiger partial charge in [0.1, 0.15) is 11.9 Å². The molecule has 2 aromatic rings. The molecule has 1 aliphatic carbocycles. The maximum Gasteiger partial charge on any atom is 0.232 e. The van der Waals surface area contributed by atoms with Crippen LogP contribution in [0.15, 0.2) is 28.9 Å². The predicted octanol–water partition coefficient (Wildman–Crippen LogP) is 3.45. The van der Waals surface area contributed by atoms with E-state index >= 15 is 0 Å². The zero-order valence-electron chi connectivity index (χ0n) is 16.1. The van der Waals surface area contributed by atoms with Crippen LogP contribution in [0.25, 0.3) is 0 Å². The molecule has 1 atom stereocenters. The van der Waals surface area contributed by atoms with Crippen molar-refractivity contribution in [3.63, 3.8) is 0 Å². The molecule has 0 spiro atoms. The molecule has 1 aromatic carbocycles. The van der Waals surface area contributed by atoms with Gasteiger partial charge in [-0.15, -0.1) is 0 Å². The Morgan fingerprint density at radius 3 is 2.97 bits per heavy atom. The lowest BCUT2D eigenvalue weighted by atomic mass is 9.96. The number of amides is 1. The lowest BCUT2D eigenvalue weighted by molar-refractivity contribution is -0.125. The molecule has 2 fully saturated rings. The number of rotatable bonds is 7. The number of morpholine rings is 1. The minimum Gasteiger partial charge on any atom is -0.488 e. The Morgan fingerprint density at radius 1 is 1.38 bits per heavy atom. The van der Waals surface area contributed by atoms with Crippen LogP contribution in [-0.2, 0) is 9.53 Å². The Bertz CT molecular complexity index is 878. The molecule has 8 nitrogen and oxygen atoms in total. The van der Waals surface area contributed by atoms with E-state index < -0.39 is 0 Å². The summed E-state index contributed by atoms with van der Waals surface area (Å²) in [6.07, 6.45) is 5.82. The van der Waals surface area contributed by atoms with Crippen molar-refractivity contribution in [3.05, 3.63) is 34.4 Å². The molecule has 4 rings (SSSR count). The second-order valence-corrected chi connectivity index (χ2v) is 7.92. The van der Waals surface area contributed by atoms with E-state index in [4.69, 9.17) is 14.2 Å².